The van der Waals surface area contributed by atoms with Gasteiger partial charge in [0.1, 0.15) is 5.78 Å². The molecule has 5 heteroatoms. The maximum absolute atomic E-state index is 13.5. The van der Waals surface area contributed by atoms with Crippen molar-refractivity contribution < 1.29 is 20.5 Å². The summed E-state index contributed by atoms with van der Waals surface area (Å²) in [6.45, 7) is 4.54. The second-order valence-electron chi connectivity index (χ2n) is 9.49. The van der Waals surface area contributed by atoms with Gasteiger partial charge in [0, 0.05) is 20.5 Å². The van der Waals surface area contributed by atoms with E-state index in [0.717, 1.165) is 46.6 Å². The van der Waals surface area contributed by atoms with Gasteiger partial charge in [-0.15, -0.1) is 0 Å². The van der Waals surface area contributed by atoms with Crippen LogP contribution in [0.15, 0.2) is 60.7 Å². The van der Waals surface area contributed by atoms with E-state index >= 15 is 0 Å². The molecule has 2 aliphatic rings. The van der Waals surface area contributed by atoms with E-state index in [1.165, 1.54) is 5.56 Å². The summed E-state index contributed by atoms with van der Waals surface area (Å²) in [6.07, 6.45) is 2.09. The summed E-state index contributed by atoms with van der Waals surface area (Å²) >= 11 is 0. The Morgan fingerprint density at radius 3 is 2.53 bits per heavy atom. The maximum atomic E-state index is 13.5. The van der Waals surface area contributed by atoms with Crippen molar-refractivity contribution in [3.63, 3.8) is 0 Å². The number of carbonyl (C=O) groups is 2. The van der Waals surface area contributed by atoms with Crippen molar-refractivity contribution in [1.29, 1.82) is 0 Å². The van der Waals surface area contributed by atoms with E-state index in [1.54, 1.807) is 7.05 Å². The van der Waals surface area contributed by atoms with E-state index in [-0.39, 0.29) is 19.9 Å². The first-order valence-electron chi connectivity index (χ1n) is 11.8. The molecule has 0 bridgehead atoms. The number of amides is 1. The summed E-state index contributed by atoms with van der Waals surface area (Å²) in [7, 11) is 1.63. The smallest absolute Gasteiger partial charge is 0.251 e. The maximum Gasteiger partial charge on any atom is 0.251 e. The van der Waals surface area contributed by atoms with Crippen LogP contribution in [0.4, 0.5) is 0 Å². The highest BCUT2D eigenvalue weighted by molar-refractivity contribution is 5.96. The first kappa shape index (κ1) is 22.2. The minimum absolute atomic E-state index is 0. The molecule has 1 heterocycles. The molecule has 5 nitrogen and oxygen atoms in total. The van der Waals surface area contributed by atoms with Crippen LogP contribution in [0.5, 0.6) is 11.5 Å². The van der Waals surface area contributed by atoms with Crippen LogP contribution in [0.25, 0.3) is 11.1 Å². The molecular formula is C29H31NO4. The highest BCUT2D eigenvalue weighted by atomic mass is 16.7. The van der Waals surface area contributed by atoms with E-state index in [1.807, 2.05) is 42.5 Å². The van der Waals surface area contributed by atoms with E-state index in [4.69, 9.17) is 9.47 Å². The van der Waals surface area contributed by atoms with Crippen LogP contribution in [0.3, 0.4) is 0 Å². The first-order chi connectivity index (χ1) is 16.4. The van der Waals surface area contributed by atoms with E-state index < -0.39 is 5.41 Å². The van der Waals surface area contributed by atoms with Gasteiger partial charge in [0.05, 0.1) is 5.41 Å². The summed E-state index contributed by atoms with van der Waals surface area (Å²) in [6, 6.07) is 19.8. The fourth-order valence-corrected chi connectivity index (χ4v) is 4.84. The van der Waals surface area contributed by atoms with Gasteiger partial charge in [-0.05, 0) is 70.8 Å². The average Bonchev–Trinajstić information content (AvgIpc) is 3.54. The van der Waals surface area contributed by atoms with Crippen LogP contribution in [0.2, 0.25) is 0 Å². The van der Waals surface area contributed by atoms with Crippen LogP contribution < -0.4 is 14.8 Å². The van der Waals surface area contributed by atoms with Crippen LogP contribution in [0, 0.1) is 0 Å². The SMILES string of the molecule is CNC(=O)c1cccc(-c2cc(CC(=O)C3(c4ccc5c(c4)OCO5)CC3)ccc2C(C)C)c1.[HH]. The Hall–Kier alpha value is -3.60. The number of nitrogens with one attached hydrogen (secondary N) is 1. The number of carbonyl (C=O) groups excluding carboxylic acids is 2. The average molecular weight is 458 g/mol. The van der Waals surface area contributed by atoms with Crippen LogP contribution in [-0.2, 0) is 16.6 Å². The van der Waals surface area contributed by atoms with Gasteiger partial charge in [0.15, 0.2) is 11.5 Å². The number of Topliss-reactive ketones (excluding diaryl/α,β-unsaturated/α-hetero) is 1. The van der Waals surface area contributed by atoms with Crippen LogP contribution >= 0.6 is 0 Å². The van der Waals surface area contributed by atoms with E-state index in [0.29, 0.717) is 17.9 Å². The lowest BCUT2D eigenvalue weighted by molar-refractivity contribution is -0.120. The summed E-state index contributed by atoms with van der Waals surface area (Å²) < 4.78 is 11.0. The Bertz CT molecular complexity index is 1280. The molecule has 0 atom stereocenters. The highest BCUT2D eigenvalue weighted by Gasteiger charge is 2.50. The van der Waals surface area contributed by atoms with E-state index in [2.05, 4.69) is 37.4 Å². The zero-order valence-corrected chi connectivity index (χ0v) is 19.8. The van der Waals surface area contributed by atoms with Gasteiger partial charge in [-0.2, -0.15) is 0 Å². The monoisotopic (exact) mass is 457 g/mol. The first-order valence-corrected chi connectivity index (χ1v) is 11.8. The number of ketones is 1. The summed E-state index contributed by atoms with van der Waals surface area (Å²) in [5.41, 5.74) is 5.44. The van der Waals surface area contributed by atoms with Gasteiger partial charge in [0.25, 0.3) is 5.91 Å². The third kappa shape index (κ3) is 3.96. The highest BCUT2D eigenvalue weighted by Crippen LogP contribution is 2.51. The number of hydrogen-bond acceptors (Lipinski definition) is 4. The van der Waals surface area contributed by atoms with Gasteiger partial charge in [-0.1, -0.05) is 50.2 Å². The van der Waals surface area contributed by atoms with E-state index in [9.17, 15) is 9.59 Å². The second kappa shape index (κ2) is 8.64. The molecule has 1 aliphatic carbocycles. The number of fused-ring (bicyclic) bond motifs is 1. The predicted octanol–water partition coefficient (Wildman–Crippen LogP) is 5.65. The Labute approximate surface area is 201 Å². The molecule has 0 aromatic heterocycles. The summed E-state index contributed by atoms with van der Waals surface area (Å²) in [4.78, 5) is 25.7. The molecule has 1 aliphatic heterocycles. The van der Waals surface area contributed by atoms with Crippen molar-refractivity contribution in [2.24, 2.45) is 0 Å². The van der Waals surface area contributed by atoms with Crippen molar-refractivity contribution in [2.75, 3.05) is 13.8 Å². The summed E-state index contributed by atoms with van der Waals surface area (Å²) in [5, 5.41) is 2.69. The standard InChI is InChI=1S/C29H29NO4.H2/c1-18(2)23-9-7-19(13-24(23)20-5-4-6-21(15-20)28(32)30-3)14-27(31)29(11-12-29)22-8-10-25-26(16-22)34-17-33-25;/h4-10,13,15-16,18H,11-12,14,17H2,1-3H3,(H,30,32);1H. The zero-order valence-electron chi connectivity index (χ0n) is 19.8. The Morgan fingerprint density at radius 1 is 1.00 bits per heavy atom. The molecule has 176 valence electrons. The van der Waals surface area contributed by atoms with Crippen molar-refractivity contribution in [1.82, 2.24) is 5.32 Å². The van der Waals surface area contributed by atoms with Crippen molar-refractivity contribution >= 4 is 11.7 Å². The molecule has 0 radical (unpaired) electrons. The van der Waals surface area contributed by atoms with Gasteiger partial charge in [0.2, 0.25) is 6.79 Å². The van der Waals surface area contributed by atoms with Crippen LogP contribution in [0.1, 0.15) is 61.1 Å². The minimum Gasteiger partial charge on any atom is -0.454 e. The molecular weight excluding hydrogens is 426 g/mol. The van der Waals surface area contributed by atoms with Gasteiger partial charge < -0.3 is 14.8 Å². The quantitative estimate of drug-likeness (QED) is 0.498. The molecule has 1 amide bonds. The van der Waals surface area contributed by atoms with Gasteiger partial charge in [-0.25, -0.2) is 0 Å². The zero-order chi connectivity index (χ0) is 23.9. The Kier molecular flexibility index (Phi) is 5.64. The molecule has 0 unspecified atom stereocenters. The van der Waals surface area contributed by atoms with Gasteiger partial charge in [-0.3, -0.25) is 9.59 Å². The number of rotatable bonds is 7. The number of ether oxygens (including phenoxy) is 2. The molecule has 1 saturated carbocycles. The molecule has 34 heavy (non-hydrogen) atoms. The molecule has 3 aromatic carbocycles. The lowest BCUT2D eigenvalue weighted by Crippen LogP contribution is -2.22. The lowest BCUT2D eigenvalue weighted by Gasteiger charge is -2.18. The molecule has 0 saturated heterocycles. The lowest BCUT2D eigenvalue weighted by atomic mass is 9.85. The van der Waals surface area contributed by atoms with Crippen molar-refractivity contribution in [3.8, 4) is 22.6 Å². The second-order valence-corrected chi connectivity index (χ2v) is 9.49. The van der Waals surface area contributed by atoms with Crippen LogP contribution in [-0.4, -0.2) is 25.5 Å². The molecule has 3 aromatic rings. The summed E-state index contributed by atoms with van der Waals surface area (Å²) in [5.74, 6) is 1.88. The fraction of sp³-hybridized carbons (Fsp3) is 0.310. The predicted molar refractivity (Wildman–Crippen MR) is 134 cm³/mol. The molecule has 1 N–H and O–H groups in total. The third-order valence-electron chi connectivity index (χ3n) is 6.98. The topological polar surface area (TPSA) is 64.6 Å². The number of benzene rings is 3. The molecule has 5 rings (SSSR count). The largest absolute Gasteiger partial charge is 0.454 e. The van der Waals surface area contributed by atoms with Crippen molar-refractivity contribution in [3.05, 3.63) is 82.9 Å². The Balaban J connectivity index is 0.00000289. The minimum atomic E-state index is -0.434. The number of hydrogen-bond donors (Lipinski definition) is 1. The van der Waals surface area contributed by atoms with Crippen molar-refractivity contribution in [2.45, 2.75) is 44.4 Å². The molecule has 1 fully saturated rings. The molecule has 0 spiro atoms. The third-order valence-corrected chi connectivity index (χ3v) is 6.98. The fourth-order valence-electron chi connectivity index (χ4n) is 4.84. The van der Waals surface area contributed by atoms with Gasteiger partial charge >= 0.3 is 0 Å². The Morgan fingerprint density at radius 2 is 1.79 bits per heavy atom. The normalized spacial score (nSPS) is 15.3.